The molecule has 1 fully saturated rings. The second-order valence-electron chi connectivity index (χ2n) is 6.89. The number of hydrogen-bond donors (Lipinski definition) is 1. The number of rotatable bonds is 7. The molecule has 132 valence electrons. The number of nitrogens with one attached hydrogen (secondary N) is 1. The van der Waals surface area contributed by atoms with Gasteiger partial charge in [0, 0.05) is 12.6 Å². The maximum atomic E-state index is 12.6. The highest BCUT2D eigenvalue weighted by Gasteiger charge is 2.27. The smallest absolute Gasteiger partial charge is 0.246 e. The summed E-state index contributed by atoms with van der Waals surface area (Å²) in [6.45, 7) is 10.2. The average Bonchev–Trinajstić information content (AvgIpc) is 2.84. The molecule has 0 bridgehead atoms. The van der Waals surface area contributed by atoms with E-state index in [9.17, 15) is 8.42 Å². The first-order valence-electron chi connectivity index (χ1n) is 8.48. The van der Waals surface area contributed by atoms with Gasteiger partial charge in [0.2, 0.25) is 10.0 Å². The molecule has 1 atom stereocenters. The Kier molecular flexibility index (Phi) is 6.22. The molecule has 0 radical (unpaired) electrons. The summed E-state index contributed by atoms with van der Waals surface area (Å²) in [6, 6.07) is 0.241. The highest BCUT2D eigenvalue weighted by molar-refractivity contribution is 7.89. The zero-order valence-corrected chi connectivity index (χ0v) is 15.4. The second-order valence-corrected chi connectivity index (χ2v) is 8.59. The Morgan fingerprint density at radius 2 is 1.87 bits per heavy atom. The summed E-state index contributed by atoms with van der Waals surface area (Å²) in [5, 5.41) is 3.74. The van der Waals surface area contributed by atoms with Crippen molar-refractivity contribution < 1.29 is 12.9 Å². The van der Waals surface area contributed by atoms with Crippen LogP contribution in [0.15, 0.2) is 9.42 Å². The molecule has 1 aliphatic heterocycles. The van der Waals surface area contributed by atoms with Crippen LogP contribution in [0.3, 0.4) is 0 Å². The van der Waals surface area contributed by atoms with Crippen molar-refractivity contribution in [1.82, 2.24) is 14.8 Å². The summed E-state index contributed by atoms with van der Waals surface area (Å²) < 4.78 is 32.9. The van der Waals surface area contributed by atoms with E-state index in [1.54, 1.807) is 13.8 Å². The second kappa shape index (κ2) is 7.77. The first kappa shape index (κ1) is 18.4. The van der Waals surface area contributed by atoms with Crippen molar-refractivity contribution in [2.75, 3.05) is 19.6 Å². The molecular formula is C16H29N3O3S. The summed E-state index contributed by atoms with van der Waals surface area (Å²) in [7, 11) is -3.58. The van der Waals surface area contributed by atoms with E-state index >= 15 is 0 Å². The minimum Gasteiger partial charge on any atom is -0.360 e. The lowest BCUT2D eigenvalue weighted by atomic mass is 10.00. The molecule has 1 aromatic heterocycles. The van der Waals surface area contributed by atoms with Crippen LogP contribution in [0.1, 0.15) is 51.0 Å². The van der Waals surface area contributed by atoms with Crippen LogP contribution >= 0.6 is 0 Å². The first-order valence-corrected chi connectivity index (χ1v) is 9.96. The third-order valence-electron chi connectivity index (χ3n) is 4.40. The van der Waals surface area contributed by atoms with Crippen molar-refractivity contribution in [3.63, 3.8) is 0 Å². The maximum Gasteiger partial charge on any atom is 0.246 e. The zero-order valence-electron chi connectivity index (χ0n) is 14.6. The van der Waals surface area contributed by atoms with Crippen molar-refractivity contribution in [3.05, 3.63) is 11.5 Å². The molecular weight excluding hydrogens is 314 g/mol. The molecule has 0 aliphatic carbocycles. The lowest BCUT2D eigenvalue weighted by Gasteiger charge is -2.35. The topological polar surface area (TPSA) is 75.4 Å². The van der Waals surface area contributed by atoms with E-state index < -0.39 is 10.0 Å². The molecule has 2 rings (SSSR count). The number of piperidine rings is 1. The fraction of sp³-hybridized carbons (Fsp3) is 0.812. The standard InChI is InChI=1S/C16H29N3O3S/c1-12(2)10-15(19-8-6-5-7-9-19)11-17-23(20,21)16-13(3)18-22-14(16)4/h12,15,17H,5-11H2,1-4H3. The number of likely N-dealkylation sites (tertiary alicyclic amines) is 1. The molecule has 1 unspecified atom stereocenters. The Morgan fingerprint density at radius 1 is 1.22 bits per heavy atom. The SMILES string of the molecule is Cc1noc(C)c1S(=O)(=O)NCC(CC(C)C)N1CCCCC1. The van der Waals surface area contributed by atoms with Crippen LogP contribution in [-0.4, -0.2) is 44.2 Å². The van der Waals surface area contributed by atoms with E-state index in [2.05, 4.69) is 28.6 Å². The van der Waals surface area contributed by atoms with Gasteiger partial charge in [0.05, 0.1) is 0 Å². The average molecular weight is 343 g/mol. The number of nitrogens with zero attached hydrogens (tertiary/aromatic N) is 2. The van der Waals surface area contributed by atoms with Gasteiger partial charge >= 0.3 is 0 Å². The Balaban J connectivity index is 2.07. The lowest BCUT2D eigenvalue weighted by molar-refractivity contribution is 0.146. The maximum absolute atomic E-state index is 12.6. The predicted molar refractivity (Wildman–Crippen MR) is 89.8 cm³/mol. The minimum absolute atomic E-state index is 0.180. The molecule has 1 saturated heterocycles. The van der Waals surface area contributed by atoms with E-state index in [0.29, 0.717) is 23.9 Å². The van der Waals surface area contributed by atoms with Crippen LogP contribution in [0.4, 0.5) is 0 Å². The number of aryl methyl sites for hydroxylation is 2. The van der Waals surface area contributed by atoms with Gasteiger partial charge in [0.25, 0.3) is 0 Å². The van der Waals surface area contributed by atoms with Crippen LogP contribution < -0.4 is 4.72 Å². The van der Waals surface area contributed by atoms with E-state index in [0.717, 1.165) is 19.5 Å². The monoisotopic (exact) mass is 343 g/mol. The molecule has 6 nitrogen and oxygen atoms in total. The van der Waals surface area contributed by atoms with Gasteiger partial charge in [-0.3, -0.25) is 4.90 Å². The van der Waals surface area contributed by atoms with Crippen molar-refractivity contribution >= 4 is 10.0 Å². The van der Waals surface area contributed by atoms with Crippen LogP contribution in [0.2, 0.25) is 0 Å². The van der Waals surface area contributed by atoms with Crippen molar-refractivity contribution in [2.24, 2.45) is 5.92 Å². The Labute approximate surface area is 139 Å². The van der Waals surface area contributed by atoms with Gasteiger partial charge in [-0.1, -0.05) is 25.4 Å². The number of sulfonamides is 1. The third kappa shape index (κ3) is 4.78. The molecule has 0 amide bonds. The summed E-state index contributed by atoms with van der Waals surface area (Å²) in [5.41, 5.74) is 0.411. The lowest BCUT2D eigenvalue weighted by Crippen LogP contribution is -2.46. The van der Waals surface area contributed by atoms with Gasteiger partial charge in [-0.2, -0.15) is 0 Å². The van der Waals surface area contributed by atoms with Crippen molar-refractivity contribution in [3.8, 4) is 0 Å². The van der Waals surface area contributed by atoms with Gasteiger partial charge in [0.1, 0.15) is 10.6 Å². The molecule has 1 aromatic rings. The quantitative estimate of drug-likeness (QED) is 0.823. The summed E-state index contributed by atoms with van der Waals surface area (Å²) in [4.78, 5) is 2.61. The number of hydrogen-bond acceptors (Lipinski definition) is 5. The summed E-state index contributed by atoms with van der Waals surface area (Å²) in [5.74, 6) is 0.874. The van der Waals surface area contributed by atoms with E-state index in [1.165, 1.54) is 19.3 Å². The van der Waals surface area contributed by atoms with Gasteiger partial charge in [-0.05, 0) is 52.1 Å². The fourth-order valence-corrected chi connectivity index (χ4v) is 4.72. The Morgan fingerprint density at radius 3 is 2.39 bits per heavy atom. The van der Waals surface area contributed by atoms with E-state index in [1.807, 2.05) is 0 Å². The summed E-state index contributed by atoms with van der Waals surface area (Å²) >= 11 is 0. The number of aromatic nitrogens is 1. The molecule has 1 aliphatic rings. The normalized spacial score (nSPS) is 18.5. The molecule has 0 aromatic carbocycles. The third-order valence-corrected chi connectivity index (χ3v) is 6.06. The molecule has 23 heavy (non-hydrogen) atoms. The Bertz CT molecular complexity index is 585. The van der Waals surface area contributed by atoms with E-state index in [4.69, 9.17) is 4.52 Å². The minimum atomic E-state index is -3.58. The highest BCUT2D eigenvalue weighted by Crippen LogP contribution is 2.20. The van der Waals surface area contributed by atoms with E-state index in [-0.39, 0.29) is 10.9 Å². The fourth-order valence-electron chi connectivity index (χ4n) is 3.33. The summed E-state index contributed by atoms with van der Waals surface area (Å²) in [6.07, 6.45) is 4.66. The zero-order chi connectivity index (χ0) is 17.0. The van der Waals surface area contributed by atoms with Gasteiger partial charge in [-0.25, -0.2) is 13.1 Å². The highest BCUT2D eigenvalue weighted by atomic mass is 32.2. The van der Waals surface area contributed by atoms with Crippen molar-refractivity contribution in [1.29, 1.82) is 0 Å². The molecule has 0 saturated carbocycles. The van der Waals surface area contributed by atoms with Gasteiger partial charge < -0.3 is 4.52 Å². The molecule has 2 heterocycles. The van der Waals surface area contributed by atoms with Gasteiger partial charge in [-0.15, -0.1) is 0 Å². The predicted octanol–water partition coefficient (Wildman–Crippen LogP) is 2.47. The first-order chi connectivity index (χ1) is 10.8. The van der Waals surface area contributed by atoms with Crippen molar-refractivity contribution in [2.45, 2.75) is 64.3 Å². The van der Waals surface area contributed by atoms with Crippen LogP contribution in [0.5, 0.6) is 0 Å². The molecule has 7 heteroatoms. The van der Waals surface area contributed by atoms with Crippen LogP contribution in [0, 0.1) is 19.8 Å². The Hall–Kier alpha value is -0.920. The van der Waals surface area contributed by atoms with Gasteiger partial charge in [0.15, 0.2) is 5.76 Å². The van der Waals surface area contributed by atoms with Crippen LogP contribution in [0.25, 0.3) is 0 Å². The molecule has 1 N–H and O–H groups in total. The van der Waals surface area contributed by atoms with Crippen LogP contribution in [-0.2, 0) is 10.0 Å². The molecule has 0 spiro atoms. The largest absolute Gasteiger partial charge is 0.360 e.